The number of sulfone groups is 1. The van der Waals surface area contributed by atoms with Gasteiger partial charge in [-0.2, -0.15) is 0 Å². The quantitative estimate of drug-likeness (QED) is 0.714. The third-order valence-electron chi connectivity index (χ3n) is 3.21. The van der Waals surface area contributed by atoms with Gasteiger partial charge in [-0.25, -0.2) is 8.42 Å². The Labute approximate surface area is 104 Å². The zero-order valence-corrected chi connectivity index (χ0v) is 11.4. The van der Waals surface area contributed by atoms with Gasteiger partial charge in [0.1, 0.15) is 5.25 Å². The second-order valence-corrected chi connectivity index (χ2v) is 7.16. The highest BCUT2D eigenvalue weighted by molar-refractivity contribution is 7.92. The van der Waals surface area contributed by atoms with Gasteiger partial charge in [0.15, 0.2) is 9.84 Å². The van der Waals surface area contributed by atoms with Gasteiger partial charge in [-0.05, 0) is 25.7 Å². The monoisotopic (exact) mass is 259 g/mol. The number of amides is 1. The molecule has 98 valence electrons. The molecular formula is C12H21NO3S. The zero-order valence-electron chi connectivity index (χ0n) is 10.6. The number of hydrogen-bond donors (Lipinski definition) is 0. The predicted molar refractivity (Wildman–Crippen MR) is 68.4 cm³/mol. The van der Waals surface area contributed by atoms with Crippen molar-refractivity contribution < 1.29 is 13.2 Å². The summed E-state index contributed by atoms with van der Waals surface area (Å²) < 4.78 is 23.6. The smallest absolute Gasteiger partial charge is 0.240 e. The van der Waals surface area contributed by atoms with E-state index in [0.29, 0.717) is 19.0 Å². The van der Waals surface area contributed by atoms with E-state index in [9.17, 15) is 13.2 Å². The molecule has 0 bridgehead atoms. The van der Waals surface area contributed by atoms with Gasteiger partial charge in [-0.15, -0.1) is 6.58 Å². The molecule has 0 aliphatic carbocycles. The van der Waals surface area contributed by atoms with E-state index in [4.69, 9.17) is 0 Å². The van der Waals surface area contributed by atoms with E-state index >= 15 is 0 Å². The average Bonchev–Trinajstić information content (AvgIpc) is 2.27. The van der Waals surface area contributed by atoms with Crippen molar-refractivity contribution in [1.82, 2.24) is 4.90 Å². The molecule has 0 radical (unpaired) electrons. The Kier molecular flexibility index (Phi) is 4.74. The lowest BCUT2D eigenvalue weighted by atomic mass is 10.0. The molecule has 0 aromatic rings. The highest BCUT2D eigenvalue weighted by Gasteiger charge is 2.32. The highest BCUT2D eigenvalue weighted by Crippen LogP contribution is 2.18. The van der Waals surface area contributed by atoms with Crippen LogP contribution in [0.5, 0.6) is 0 Å². The first-order chi connectivity index (χ1) is 7.88. The van der Waals surface area contributed by atoms with Crippen molar-refractivity contribution in [3.8, 4) is 0 Å². The molecular weight excluding hydrogens is 238 g/mol. The summed E-state index contributed by atoms with van der Waals surface area (Å²) in [6.45, 7) is 8.32. The maximum atomic E-state index is 12.1. The Morgan fingerprint density at radius 1 is 1.59 bits per heavy atom. The molecule has 1 fully saturated rings. The number of piperidine rings is 1. The van der Waals surface area contributed by atoms with Crippen LogP contribution >= 0.6 is 0 Å². The van der Waals surface area contributed by atoms with Crippen LogP contribution in [0.15, 0.2) is 12.7 Å². The van der Waals surface area contributed by atoms with Gasteiger partial charge in [0.25, 0.3) is 0 Å². The van der Waals surface area contributed by atoms with Crippen LogP contribution in [0.3, 0.4) is 0 Å². The van der Waals surface area contributed by atoms with Crippen molar-refractivity contribution in [2.75, 3.05) is 18.8 Å². The molecule has 1 amide bonds. The first-order valence-electron chi connectivity index (χ1n) is 5.99. The topological polar surface area (TPSA) is 54.5 Å². The Morgan fingerprint density at radius 3 is 2.76 bits per heavy atom. The molecule has 1 aliphatic rings. The van der Waals surface area contributed by atoms with E-state index < -0.39 is 15.1 Å². The van der Waals surface area contributed by atoms with E-state index in [-0.39, 0.29) is 11.7 Å². The molecule has 17 heavy (non-hydrogen) atoms. The summed E-state index contributed by atoms with van der Waals surface area (Å²) in [5.74, 6) is 0.0592. The summed E-state index contributed by atoms with van der Waals surface area (Å²) in [4.78, 5) is 13.8. The molecule has 1 saturated heterocycles. The van der Waals surface area contributed by atoms with Gasteiger partial charge in [0.2, 0.25) is 5.91 Å². The van der Waals surface area contributed by atoms with Crippen molar-refractivity contribution in [1.29, 1.82) is 0 Å². The predicted octanol–water partition coefficient (Wildman–Crippen LogP) is 1.23. The van der Waals surface area contributed by atoms with Crippen LogP contribution in [0.4, 0.5) is 0 Å². The first-order valence-corrected chi connectivity index (χ1v) is 7.71. The molecule has 0 N–H and O–H groups in total. The van der Waals surface area contributed by atoms with E-state index in [2.05, 4.69) is 13.5 Å². The molecule has 0 saturated carbocycles. The van der Waals surface area contributed by atoms with E-state index in [1.807, 2.05) is 0 Å². The molecule has 0 spiro atoms. The summed E-state index contributed by atoms with van der Waals surface area (Å²) in [5.41, 5.74) is 0. The van der Waals surface area contributed by atoms with Crippen molar-refractivity contribution >= 4 is 15.7 Å². The minimum atomic E-state index is -3.39. The molecule has 1 heterocycles. The first kappa shape index (κ1) is 14.2. The fraction of sp³-hybridized carbons (Fsp3) is 0.750. The van der Waals surface area contributed by atoms with E-state index in [0.717, 1.165) is 12.8 Å². The number of likely N-dealkylation sites (tertiary alicyclic amines) is 1. The summed E-state index contributed by atoms with van der Waals surface area (Å²) >= 11 is 0. The van der Waals surface area contributed by atoms with Crippen molar-refractivity contribution in [2.24, 2.45) is 5.92 Å². The summed E-state index contributed by atoms with van der Waals surface area (Å²) in [7, 11) is -3.39. The fourth-order valence-electron chi connectivity index (χ4n) is 2.11. The molecule has 1 aliphatic heterocycles. The normalized spacial score (nSPS) is 23.2. The molecule has 4 nitrogen and oxygen atoms in total. The number of hydrogen-bond acceptors (Lipinski definition) is 3. The van der Waals surface area contributed by atoms with Gasteiger partial charge < -0.3 is 4.90 Å². The van der Waals surface area contributed by atoms with Gasteiger partial charge >= 0.3 is 0 Å². The van der Waals surface area contributed by atoms with Gasteiger partial charge in [0.05, 0.1) is 5.75 Å². The molecule has 0 aromatic heterocycles. The Hall–Kier alpha value is -0.840. The van der Waals surface area contributed by atoms with Gasteiger partial charge in [-0.1, -0.05) is 13.0 Å². The van der Waals surface area contributed by atoms with Crippen LogP contribution < -0.4 is 0 Å². The third-order valence-corrected chi connectivity index (χ3v) is 5.18. The van der Waals surface area contributed by atoms with Crippen LogP contribution in [0.1, 0.15) is 26.7 Å². The number of nitrogens with zero attached hydrogens (tertiary/aromatic N) is 1. The molecule has 2 atom stereocenters. The Bertz CT molecular complexity index is 389. The maximum Gasteiger partial charge on any atom is 0.240 e. The minimum Gasteiger partial charge on any atom is -0.341 e. The summed E-state index contributed by atoms with van der Waals surface area (Å²) in [6.07, 6.45) is 3.40. The van der Waals surface area contributed by atoms with Crippen LogP contribution in [0.25, 0.3) is 0 Å². The number of carbonyl (C=O) groups excluding carboxylic acids is 1. The standard InChI is InChI=1S/C12H21NO3S/c1-4-8-17(15,16)11(3)12(14)13-7-5-6-10(2)9-13/h4,10-11H,1,5-9H2,2-3H3. The third kappa shape index (κ3) is 3.56. The summed E-state index contributed by atoms with van der Waals surface area (Å²) in [5, 5.41) is -0.953. The Morgan fingerprint density at radius 2 is 2.24 bits per heavy atom. The summed E-state index contributed by atoms with van der Waals surface area (Å²) in [6, 6.07) is 0. The van der Waals surface area contributed by atoms with Crippen LogP contribution in [-0.2, 0) is 14.6 Å². The number of carbonyl (C=O) groups is 1. The fourth-order valence-corrected chi connectivity index (χ4v) is 3.18. The highest BCUT2D eigenvalue weighted by atomic mass is 32.2. The van der Waals surface area contributed by atoms with E-state index in [1.165, 1.54) is 13.0 Å². The maximum absolute atomic E-state index is 12.1. The van der Waals surface area contributed by atoms with E-state index in [1.54, 1.807) is 4.90 Å². The molecule has 2 unspecified atom stereocenters. The van der Waals surface area contributed by atoms with Gasteiger partial charge in [0, 0.05) is 13.1 Å². The van der Waals surface area contributed by atoms with Crippen molar-refractivity contribution in [3.63, 3.8) is 0 Å². The lowest BCUT2D eigenvalue weighted by Gasteiger charge is -2.32. The SMILES string of the molecule is C=CCS(=O)(=O)C(C)C(=O)N1CCCC(C)C1. The zero-order chi connectivity index (χ0) is 13.1. The molecule has 0 aromatic carbocycles. The van der Waals surface area contributed by atoms with Gasteiger partial charge in [-0.3, -0.25) is 4.79 Å². The minimum absolute atomic E-state index is 0.136. The molecule has 1 rings (SSSR count). The van der Waals surface area contributed by atoms with Crippen LogP contribution in [0.2, 0.25) is 0 Å². The molecule has 5 heteroatoms. The van der Waals surface area contributed by atoms with Crippen molar-refractivity contribution in [2.45, 2.75) is 31.9 Å². The number of rotatable bonds is 4. The average molecular weight is 259 g/mol. The lowest BCUT2D eigenvalue weighted by molar-refractivity contribution is -0.132. The van der Waals surface area contributed by atoms with Crippen LogP contribution in [-0.4, -0.2) is 43.3 Å². The largest absolute Gasteiger partial charge is 0.341 e. The second kappa shape index (κ2) is 5.67. The second-order valence-electron chi connectivity index (χ2n) is 4.79. The Balaban J connectivity index is 2.72. The van der Waals surface area contributed by atoms with Crippen molar-refractivity contribution in [3.05, 3.63) is 12.7 Å². The lowest BCUT2D eigenvalue weighted by Crippen LogP contribution is -2.46. The van der Waals surface area contributed by atoms with Crippen LogP contribution in [0, 0.1) is 5.92 Å².